The Labute approximate surface area is 111 Å². The Bertz CT molecular complexity index is 393. The Morgan fingerprint density at radius 2 is 1.79 bits per heavy atom. The maximum Gasteiger partial charge on any atom is 0.435 e. The van der Waals surface area contributed by atoms with Crippen LogP contribution in [0, 0.1) is 5.41 Å². The molecule has 19 heavy (non-hydrogen) atoms. The van der Waals surface area contributed by atoms with E-state index >= 15 is 0 Å². The second-order valence-corrected chi connectivity index (χ2v) is 5.59. The number of rotatable bonds is 4. The maximum atomic E-state index is 12.4. The van der Waals surface area contributed by atoms with Crippen LogP contribution in [0.25, 0.3) is 0 Å². The number of nitrogens with zero attached hydrogens (tertiary/aromatic N) is 2. The summed E-state index contributed by atoms with van der Waals surface area (Å²) < 4.78 is 37.1. The summed E-state index contributed by atoms with van der Waals surface area (Å²) in [5, 5.41) is 10.2. The van der Waals surface area contributed by atoms with Gasteiger partial charge in [-0.1, -0.05) is 27.7 Å². The van der Waals surface area contributed by atoms with Crippen LogP contribution in [0.5, 0.6) is 0 Å². The first-order valence-corrected chi connectivity index (χ1v) is 6.27. The summed E-state index contributed by atoms with van der Waals surface area (Å²) in [5.41, 5.74) is -0.388. The summed E-state index contributed by atoms with van der Waals surface area (Å²) >= 11 is 0. The van der Waals surface area contributed by atoms with Gasteiger partial charge in [0.15, 0.2) is 5.69 Å². The standard InChI is InChI=1S/C13H20F3N3/c1-5-17-11(12(2,3)4)8-9-6-7-10(19-18-9)13(14,15)16/h6-7,11,17H,5,8H2,1-4H3. The van der Waals surface area contributed by atoms with Crippen LogP contribution in [0.15, 0.2) is 12.1 Å². The van der Waals surface area contributed by atoms with E-state index in [1.54, 1.807) is 0 Å². The van der Waals surface area contributed by atoms with Gasteiger partial charge in [-0.15, -0.1) is 5.10 Å². The Morgan fingerprint density at radius 1 is 1.16 bits per heavy atom. The van der Waals surface area contributed by atoms with Crippen LogP contribution in [0.1, 0.15) is 39.1 Å². The highest BCUT2D eigenvalue weighted by molar-refractivity contribution is 5.11. The highest BCUT2D eigenvalue weighted by atomic mass is 19.4. The molecule has 0 saturated heterocycles. The predicted octanol–water partition coefficient (Wildman–Crippen LogP) is 3.06. The van der Waals surface area contributed by atoms with E-state index in [1.807, 2.05) is 6.92 Å². The number of halogens is 3. The van der Waals surface area contributed by atoms with Gasteiger partial charge in [0.2, 0.25) is 0 Å². The maximum absolute atomic E-state index is 12.4. The molecule has 0 saturated carbocycles. The Hall–Kier alpha value is -1.17. The Kier molecular flexibility index (Phi) is 4.90. The van der Waals surface area contributed by atoms with E-state index in [-0.39, 0.29) is 11.5 Å². The highest BCUT2D eigenvalue weighted by Crippen LogP contribution is 2.27. The van der Waals surface area contributed by atoms with Gasteiger partial charge in [-0.05, 0) is 24.1 Å². The van der Waals surface area contributed by atoms with Gasteiger partial charge < -0.3 is 5.32 Å². The number of alkyl halides is 3. The summed E-state index contributed by atoms with van der Waals surface area (Å²) in [5.74, 6) is 0. The van der Waals surface area contributed by atoms with E-state index in [1.165, 1.54) is 6.07 Å². The van der Waals surface area contributed by atoms with Crippen LogP contribution in [-0.4, -0.2) is 22.8 Å². The third-order valence-electron chi connectivity index (χ3n) is 2.92. The topological polar surface area (TPSA) is 37.8 Å². The van der Waals surface area contributed by atoms with Crippen LogP contribution in [-0.2, 0) is 12.6 Å². The average Bonchev–Trinajstić information content (AvgIpc) is 2.26. The fraction of sp³-hybridized carbons (Fsp3) is 0.692. The second-order valence-electron chi connectivity index (χ2n) is 5.59. The molecule has 0 aliphatic rings. The van der Waals surface area contributed by atoms with Gasteiger partial charge in [-0.25, -0.2) is 0 Å². The van der Waals surface area contributed by atoms with Crippen molar-refractivity contribution in [3.05, 3.63) is 23.5 Å². The van der Waals surface area contributed by atoms with E-state index in [2.05, 4.69) is 36.3 Å². The quantitative estimate of drug-likeness (QED) is 0.917. The minimum absolute atomic E-state index is 0.000385. The fourth-order valence-electron chi connectivity index (χ4n) is 1.76. The molecule has 0 spiro atoms. The lowest BCUT2D eigenvalue weighted by molar-refractivity contribution is -0.141. The molecular weight excluding hydrogens is 255 g/mol. The molecule has 1 rings (SSSR count). The Balaban J connectivity index is 2.81. The van der Waals surface area contributed by atoms with Crippen molar-refractivity contribution in [1.82, 2.24) is 15.5 Å². The van der Waals surface area contributed by atoms with Crippen molar-refractivity contribution < 1.29 is 13.2 Å². The van der Waals surface area contributed by atoms with E-state index in [9.17, 15) is 13.2 Å². The number of aromatic nitrogens is 2. The van der Waals surface area contributed by atoms with Crippen molar-refractivity contribution in [2.75, 3.05) is 6.54 Å². The molecule has 1 atom stereocenters. The molecule has 1 aromatic rings. The van der Waals surface area contributed by atoms with E-state index in [0.717, 1.165) is 12.6 Å². The third kappa shape index (κ3) is 4.78. The van der Waals surface area contributed by atoms with Crippen LogP contribution >= 0.6 is 0 Å². The average molecular weight is 275 g/mol. The minimum Gasteiger partial charge on any atom is -0.313 e. The van der Waals surface area contributed by atoms with E-state index < -0.39 is 11.9 Å². The predicted molar refractivity (Wildman–Crippen MR) is 67.7 cm³/mol. The lowest BCUT2D eigenvalue weighted by atomic mass is 9.84. The summed E-state index contributed by atoms with van der Waals surface area (Å²) in [6.45, 7) is 9.04. The molecule has 3 nitrogen and oxygen atoms in total. The van der Waals surface area contributed by atoms with Crippen LogP contribution < -0.4 is 5.32 Å². The molecule has 1 aromatic heterocycles. The molecule has 0 fully saturated rings. The van der Waals surface area contributed by atoms with Crippen molar-refractivity contribution >= 4 is 0 Å². The molecule has 0 bridgehead atoms. The lowest BCUT2D eigenvalue weighted by Gasteiger charge is -2.31. The molecule has 0 aromatic carbocycles. The molecule has 108 valence electrons. The first-order chi connectivity index (χ1) is 8.64. The van der Waals surface area contributed by atoms with Crippen LogP contribution in [0.4, 0.5) is 13.2 Å². The lowest BCUT2D eigenvalue weighted by Crippen LogP contribution is -2.42. The van der Waals surface area contributed by atoms with Crippen LogP contribution in [0.2, 0.25) is 0 Å². The zero-order chi connectivity index (χ0) is 14.7. The van der Waals surface area contributed by atoms with Gasteiger partial charge in [0, 0.05) is 12.5 Å². The molecule has 0 aliphatic carbocycles. The Morgan fingerprint density at radius 3 is 2.16 bits per heavy atom. The molecule has 1 heterocycles. The molecule has 0 aliphatic heterocycles. The van der Waals surface area contributed by atoms with Crippen molar-refractivity contribution in [1.29, 1.82) is 0 Å². The van der Waals surface area contributed by atoms with Crippen molar-refractivity contribution in [3.63, 3.8) is 0 Å². The number of hydrogen-bond acceptors (Lipinski definition) is 3. The highest BCUT2D eigenvalue weighted by Gasteiger charge is 2.33. The van der Waals surface area contributed by atoms with E-state index in [4.69, 9.17) is 0 Å². The second kappa shape index (κ2) is 5.86. The van der Waals surface area contributed by atoms with Gasteiger partial charge in [0.05, 0.1) is 5.69 Å². The molecule has 6 heteroatoms. The van der Waals surface area contributed by atoms with Crippen molar-refractivity contribution in [3.8, 4) is 0 Å². The smallest absolute Gasteiger partial charge is 0.313 e. The zero-order valence-corrected chi connectivity index (χ0v) is 11.7. The van der Waals surface area contributed by atoms with Gasteiger partial charge in [-0.3, -0.25) is 0 Å². The molecule has 0 radical (unpaired) electrons. The third-order valence-corrected chi connectivity index (χ3v) is 2.92. The molecule has 0 amide bonds. The minimum atomic E-state index is -4.43. The van der Waals surface area contributed by atoms with Crippen molar-refractivity contribution in [2.45, 2.75) is 46.3 Å². The van der Waals surface area contributed by atoms with Crippen molar-refractivity contribution in [2.24, 2.45) is 5.41 Å². The summed E-state index contributed by atoms with van der Waals surface area (Å²) in [6.07, 6.45) is -3.88. The summed E-state index contributed by atoms with van der Waals surface area (Å²) in [6, 6.07) is 2.52. The molecule has 1 N–H and O–H groups in total. The van der Waals surface area contributed by atoms with Gasteiger partial charge in [0.1, 0.15) is 0 Å². The van der Waals surface area contributed by atoms with Gasteiger partial charge >= 0.3 is 6.18 Å². The largest absolute Gasteiger partial charge is 0.435 e. The first-order valence-electron chi connectivity index (χ1n) is 6.27. The summed E-state index contributed by atoms with van der Waals surface area (Å²) in [7, 11) is 0. The zero-order valence-electron chi connectivity index (χ0n) is 11.7. The fourth-order valence-corrected chi connectivity index (χ4v) is 1.76. The van der Waals surface area contributed by atoms with E-state index in [0.29, 0.717) is 12.1 Å². The first kappa shape index (κ1) is 15.9. The normalized spacial score (nSPS) is 14.5. The van der Waals surface area contributed by atoms with Gasteiger partial charge in [0.25, 0.3) is 0 Å². The number of hydrogen-bond donors (Lipinski definition) is 1. The van der Waals surface area contributed by atoms with Gasteiger partial charge in [-0.2, -0.15) is 18.3 Å². The number of likely N-dealkylation sites (N-methyl/N-ethyl adjacent to an activating group) is 1. The SMILES string of the molecule is CCNC(Cc1ccc(C(F)(F)F)nn1)C(C)(C)C. The monoisotopic (exact) mass is 275 g/mol. The molecule has 1 unspecified atom stereocenters. The summed E-state index contributed by atoms with van der Waals surface area (Å²) in [4.78, 5) is 0. The number of nitrogens with one attached hydrogen (secondary N) is 1. The molecular formula is C13H20F3N3. The van der Waals surface area contributed by atoms with Crippen LogP contribution in [0.3, 0.4) is 0 Å².